The van der Waals surface area contributed by atoms with Crippen LogP contribution in [0.4, 0.5) is 0 Å². The predicted molar refractivity (Wildman–Crippen MR) is 165 cm³/mol. The molecule has 4 atom stereocenters. The maximum absolute atomic E-state index is 12.8. The molecule has 1 rings (SSSR count). The molecule has 244 valence electrons. The van der Waals surface area contributed by atoms with Gasteiger partial charge in [0.2, 0.25) is 5.91 Å². The summed E-state index contributed by atoms with van der Waals surface area (Å²) >= 11 is 3.45. The fourth-order valence-electron chi connectivity index (χ4n) is 3.98. The smallest absolute Gasteiger partial charge is 0.306 e. The summed E-state index contributed by atoms with van der Waals surface area (Å²) in [6.45, 7) is 6.52. The second-order valence-corrected chi connectivity index (χ2v) is 13.2. The Morgan fingerprint density at radius 1 is 0.721 bits per heavy atom. The Balaban J connectivity index is 2.38. The Kier molecular flexibility index (Phi) is 20.1. The molecule has 1 N–H and O–H groups in total. The van der Waals surface area contributed by atoms with Gasteiger partial charge in [0.1, 0.15) is 36.3 Å². The van der Waals surface area contributed by atoms with Crippen LogP contribution in [0.5, 0.6) is 0 Å². The number of ketones is 4. The highest BCUT2D eigenvalue weighted by Crippen LogP contribution is 2.41. The highest BCUT2D eigenvalue weighted by molar-refractivity contribution is 8.04. The number of carbonyl (C=O) groups is 7. The second-order valence-electron chi connectivity index (χ2n) is 10.7. The van der Waals surface area contributed by atoms with Crippen LogP contribution in [0.15, 0.2) is 0 Å². The lowest BCUT2D eigenvalue weighted by molar-refractivity contribution is -0.148. The summed E-state index contributed by atoms with van der Waals surface area (Å²) in [6, 6.07) is 0. The van der Waals surface area contributed by atoms with E-state index in [4.69, 9.17) is 14.2 Å². The molecule has 11 nitrogen and oxygen atoms in total. The number of esters is 2. The molecule has 0 spiro atoms. The molecule has 1 aliphatic carbocycles. The first-order valence-corrected chi connectivity index (χ1v) is 16.9. The van der Waals surface area contributed by atoms with Gasteiger partial charge in [-0.2, -0.15) is 23.5 Å². The van der Waals surface area contributed by atoms with Gasteiger partial charge >= 0.3 is 11.9 Å². The number of Topliss-reactive ketones (excluding diaryl/α,β-unsaturated/α-hetero) is 4. The molecule has 1 fully saturated rings. The van der Waals surface area contributed by atoms with Crippen LogP contribution in [-0.2, 0) is 47.8 Å². The van der Waals surface area contributed by atoms with Gasteiger partial charge in [-0.25, -0.2) is 0 Å². The lowest BCUT2D eigenvalue weighted by Gasteiger charge is -2.37. The predicted octanol–water partition coefficient (Wildman–Crippen LogP) is 3.13. The summed E-state index contributed by atoms with van der Waals surface area (Å²) in [7, 11) is 0. The minimum Gasteiger partial charge on any atom is -0.463 e. The zero-order valence-corrected chi connectivity index (χ0v) is 27.4. The molecule has 0 radical (unpaired) electrons. The third-order valence-electron chi connectivity index (χ3n) is 6.87. The Bertz CT molecular complexity index is 957. The maximum Gasteiger partial charge on any atom is 0.306 e. The molecule has 0 aromatic heterocycles. The maximum atomic E-state index is 12.8. The quantitative estimate of drug-likeness (QED) is 0.114. The molecule has 13 heteroatoms. The zero-order valence-electron chi connectivity index (χ0n) is 25.8. The van der Waals surface area contributed by atoms with Crippen LogP contribution in [0.2, 0.25) is 0 Å². The zero-order chi connectivity index (χ0) is 32.2. The Labute approximate surface area is 263 Å². The molecule has 1 aliphatic rings. The minimum atomic E-state index is -0.621. The molecule has 1 amide bonds. The second kappa shape index (κ2) is 22.3. The van der Waals surface area contributed by atoms with Crippen LogP contribution in [0, 0.1) is 11.8 Å². The van der Waals surface area contributed by atoms with Gasteiger partial charge in [0, 0.05) is 47.2 Å². The fraction of sp³-hybridized carbons (Fsp3) is 0.767. The largest absolute Gasteiger partial charge is 0.463 e. The highest BCUT2D eigenvalue weighted by atomic mass is 32.2. The van der Waals surface area contributed by atoms with Crippen molar-refractivity contribution in [2.45, 2.75) is 89.6 Å². The van der Waals surface area contributed by atoms with Crippen molar-refractivity contribution >= 4 is 64.5 Å². The van der Waals surface area contributed by atoms with Gasteiger partial charge in [-0.1, -0.05) is 6.92 Å². The van der Waals surface area contributed by atoms with E-state index in [0.29, 0.717) is 16.3 Å². The Morgan fingerprint density at radius 2 is 1.26 bits per heavy atom. The van der Waals surface area contributed by atoms with Gasteiger partial charge in [0.05, 0.1) is 38.5 Å². The molecule has 43 heavy (non-hydrogen) atoms. The van der Waals surface area contributed by atoms with E-state index in [0.717, 1.165) is 25.0 Å². The summed E-state index contributed by atoms with van der Waals surface area (Å²) < 4.78 is 15.2. The van der Waals surface area contributed by atoms with Crippen LogP contribution in [0.3, 0.4) is 0 Å². The number of hydrogen-bond acceptors (Lipinski definition) is 12. The first-order chi connectivity index (χ1) is 20.4. The van der Waals surface area contributed by atoms with Gasteiger partial charge in [0.25, 0.3) is 0 Å². The van der Waals surface area contributed by atoms with Gasteiger partial charge in [-0.3, -0.25) is 28.8 Å². The summed E-state index contributed by atoms with van der Waals surface area (Å²) in [5, 5.41) is 3.35. The van der Waals surface area contributed by atoms with E-state index in [1.165, 1.54) is 13.8 Å². The molecule has 1 saturated carbocycles. The van der Waals surface area contributed by atoms with Crippen molar-refractivity contribution in [1.82, 2.24) is 5.32 Å². The van der Waals surface area contributed by atoms with Crippen molar-refractivity contribution in [1.29, 1.82) is 0 Å². The third kappa shape index (κ3) is 18.2. The van der Waals surface area contributed by atoms with Crippen molar-refractivity contribution in [2.75, 3.05) is 44.5 Å². The molecule has 0 aromatic rings. The van der Waals surface area contributed by atoms with Crippen LogP contribution >= 0.6 is 23.5 Å². The lowest BCUT2D eigenvalue weighted by atomic mass is 9.99. The highest BCUT2D eigenvalue weighted by Gasteiger charge is 2.34. The van der Waals surface area contributed by atoms with E-state index in [1.54, 1.807) is 30.4 Å². The van der Waals surface area contributed by atoms with E-state index < -0.39 is 17.9 Å². The summed E-state index contributed by atoms with van der Waals surface area (Å²) in [6.07, 6.45) is 2.81. The molecule has 0 heterocycles. The van der Waals surface area contributed by atoms with Crippen LogP contribution in [0.25, 0.3) is 0 Å². The first-order valence-electron chi connectivity index (χ1n) is 14.8. The van der Waals surface area contributed by atoms with E-state index in [9.17, 15) is 33.6 Å². The average Bonchev–Trinajstić information content (AvgIpc) is 2.93. The van der Waals surface area contributed by atoms with Crippen LogP contribution < -0.4 is 5.32 Å². The van der Waals surface area contributed by atoms with Crippen molar-refractivity contribution in [3.05, 3.63) is 0 Å². The van der Waals surface area contributed by atoms with Crippen molar-refractivity contribution in [3.8, 4) is 0 Å². The number of rotatable bonds is 25. The monoisotopic (exact) mass is 645 g/mol. The minimum absolute atomic E-state index is 0.0238. The van der Waals surface area contributed by atoms with E-state index >= 15 is 0 Å². The molecule has 0 aromatic carbocycles. The molecular weight excluding hydrogens is 598 g/mol. The van der Waals surface area contributed by atoms with Crippen LogP contribution in [0.1, 0.15) is 79.1 Å². The number of carbonyl (C=O) groups excluding carboxylic acids is 7. The van der Waals surface area contributed by atoms with Gasteiger partial charge in [-0.05, 0) is 40.0 Å². The third-order valence-corrected chi connectivity index (χ3v) is 10.2. The normalized spacial score (nSPS) is 17.2. The average molecular weight is 646 g/mol. The molecule has 0 saturated heterocycles. The Hall–Kier alpha value is -2.25. The fourth-order valence-corrected chi connectivity index (χ4v) is 7.45. The van der Waals surface area contributed by atoms with Gasteiger partial charge in [-0.15, -0.1) is 0 Å². The summed E-state index contributed by atoms with van der Waals surface area (Å²) in [4.78, 5) is 82.9. The van der Waals surface area contributed by atoms with Gasteiger partial charge < -0.3 is 24.3 Å². The number of amides is 1. The van der Waals surface area contributed by atoms with Crippen molar-refractivity contribution < 1.29 is 47.8 Å². The van der Waals surface area contributed by atoms with Crippen molar-refractivity contribution in [2.24, 2.45) is 11.8 Å². The number of hydrogen-bond donors (Lipinski definition) is 1. The van der Waals surface area contributed by atoms with Gasteiger partial charge in [0.15, 0.2) is 0 Å². The molecule has 0 aliphatic heterocycles. The molecular formula is C30H47NO10S2. The van der Waals surface area contributed by atoms with Crippen molar-refractivity contribution in [3.63, 3.8) is 0 Å². The number of nitrogens with one attached hydrogen (secondary N) is 1. The topological polar surface area (TPSA) is 159 Å². The lowest BCUT2D eigenvalue weighted by Crippen LogP contribution is -2.38. The van der Waals surface area contributed by atoms with E-state index in [-0.39, 0.29) is 100 Å². The summed E-state index contributed by atoms with van der Waals surface area (Å²) in [5.41, 5.74) is 0. The SMILES string of the molecule is CCC(CSC1CCC1SCC(CC(=O)CCC(=O)OCCOCCOC(=O)CCC(C)=O)C(=O)NCC(C)=O)C(C)=O. The Morgan fingerprint density at radius 3 is 1.72 bits per heavy atom. The molecule has 4 unspecified atom stereocenters. The first kappa shape index (κ1) is 38.8. The van der Waals surface area contributed by atoms with Crippen LogP contribution in [-0.4, -0.2) is 96.0 Å². The molecule has 0 bridgehead atoms. The standard InChI is InChI=1S/C30H47NO10S2/c1-5-23(22(4)34)18-42-26-8-9-27(26)43-19-24(30(38)31-17-21(3)33)16-25(35)7-11-29(37)41-15-13-39-12-14-40-28(36)10-6-20(2)32/h23-24,26-27H,5-19H2,1-4H3,(H,31,38). The van der Waals surface area contributed by atoms with E-state index in [1.807, 2.05) is 6.92 Å². The number of ether oxygens (including phenoxy) is 3. The van der Waals surface area contributed by atoms with E-state index in [2.05, 4.69) is 5.32 Å². The summed E-state index contributed by atoms with van der Waals surface area (Å²) in [5.74, 6) is -1.07. The number of thioether (sulfide) groups is 2.